The summed E-state index contributed by atoms with van der Waals surface area (Å²) in [5.41, 5.74) is 1.92. The van der Waals surface area contributed by atoms with Gasteiger partial charge in [0.15, 0.2) is 0 Å². The lowest BCUT2D eigenvalue weighted by atomic mass is 10.1. The molecule has 2 heterocycles. The number of thiophene rings is 1. The van der Waals surface area contributed by atoms with Crippen LogP contribution in [0.4, 0.5) is 0 Å². The van der Waals surface area contributed by atoms with Crippen molar-refractivity contribution in [3.63, 3.8) is 0 Å². The van der Waals surface area contributed by atoms with Gasteiger partial charge in [0.05, 0.1) is 18.2 Å². The van der Waals surface area contributed by atoms with Crippen LogP contribution in [0.1, 0.15) is 11.1 Å². The van der Waals surface area contributed by atoms with E-state index in [2.05, 4.69) is 42.9 Å². The van der Waals surface area contributed by atoms with Crippen LogP contribution in [0.3, 0.4) is 0 Å². The average Bonchev–Trinajstić information content (AvgIpc) is 2.70. The van der Waals surface area contributed by atoms with Crippen LogP contribution in [0.5, 0.6) is 0 Å². The number of pyridine rings is 1. The van der Waals surface area contributed by atoms with Crippen LogP contribution in [0.15, 0.2) is 38.2 Å². The minimum absolute atomic E-state index is 0.413. The molecule has 0 aliphatic heterocycles. The predicted octanol–water partition coefficient (Wildman–Crippen LogP) is 5.30. The Balaban J connectivity index is 2.58. The van der Waals surface area contributed by atoms with Crippen molar-refractivity contribution in [3.05, 3.63) is 49.3 Å². The maximum Gasteiger partial charge on any atom is 0.101 e. The third-order valence-corrected chi connectivity index (χ3v) is 4.91. The summed E-state index contributed by atoms with van der Waals surface area (Å²) in [5, 5.41) is 9.68. The highest BCUT2D eigenvalue weighted by molar-refractivity contribution is 9.12. The molecular formula is C12H5Br2ClN2S. The van der Waals surface area contributed by atoms with Gasteiger partial charge in [0.1, 0.15) is 6.07 Å². The second-order valence-corrected chi connectivity index (χ2v) is 7.41. The monoisotopic (exact) mass is 402 g/mol. The van der Waals surface area contributed by atoms with Gasteiger partial charge in [-0.15, -0.1) is 11.3 Å². The van der Waals surface area contributed by atoms with Gasteiger partial charge in [-0.25, -0.2) is 0 Å². The standard InChI is InChI=1S/C12H5Br2ClN2S/c13-10-4-8(12(14)18-10)11(15)9(5-16)7-2-1-3-17-6-7/h1-4,6H/b11-9-. The van der Waals surface area contributed by atoms with Crippen molar-refractivity contribution in [2.75, 3.05) is 0 Å². The molecule has 2 aromatic heterocycles. The lowest BCUT2D eigenvalue weighted by Crippen LogP contribution is -1.86. The van der Waals surface area contributed by atoms with Crippen LogP contribution < -0.4 is 0 Å². The highest BCUT2D eigenvalue weighted by Crippen LogP contribution is 2.40. The molecule has 2 rings (SSSR count). The largest absolute Gasteiger partial charge is 0.264 e. The Morgan fingerprint density at radius 2 is 2.22 bits per heavy atom. The molecule has 0 spiro atoms. The molecule has 90 valence electrons. The molecule has 0 saturated heterocycles. The molecule has 0 bridgehead atoms. The Morgan fingerprint density at radius 1 is 1.44 bits per heavy atom. The van der Waals surface area contributed by atoms with Gasteiger partial charge in [-0.05, 0) is 44.0 Å². The fourth-order valence-corrected chi connectivity index (χ4v) is 4.67. The van der Waals surface area contributed by atoms with Crippen LogP contribution in [0.2, 0.25) is 0 Å². The molecule has 0 unspecified atom stereocenters. The second kappa shape index (κ2) is 5.98. The maximum absolute atomic E-state index is 9.27. The van der Waals surface area contributed by atoms with Crippen molar-refractivity contribution in [1.29, 1.82) is 5.26 Å². The number of halogens is 3. The van der Waals surface area contributed by atoms with Crippen LogP contribution in [-0.2, 0) is 0 Å². The Labute approximate surface area is 130 Å². The molecule has 2 aromatic rings. The van der Waals surface area contributed by atoms with Crippen LogP contribution in [0, 0.1) is 11.3 Å². The number of aromatic nitrogens is 1. The molecule has 0 radical (unpaired) electrons. The molecule has 6 heteroatoms. The van der Waals surface area contributed by atoms with Gasteiger partial charge in [-0.3, -0.25) is 4.98 Å². The van der Waals surface area contributed by atoms with Gasteiger partial charge in [0, 0.05) is 23.5 Å². The topological polar surface area (TPSA) is 36.7 Å². The van der Waals surface area contributed by atoms with Gasteiger partial charge in [-0.2, -0.15) is 5.26 Å². The highest BCUT2D eigenvalue weighted by Gasteiger charge is 2.14. The summed E-state index contributed by atoms with van der Waals surface area (Å²) < 4.78 is 1.84. The number of hydrogen-bond donors (Lipinski definition) is 0. The van der Waals surface area contributed by atoms with Crippen molar-refractivity contribution < 1.29 is 0 Å². The van der Waals surface area contributed by atoms with E-state index < -0.39 is 0 Å². The maximum atomic E-state index is 9.27. The minimum Gasteiger partial charge on any atom is -0.264 e. The smallest absolute Gasteiger partial charge is 0.101 e. The zero-order valence-electron chi connectivity index (χ0n) is 8.82. The first kappa shape index (κ1) is 13.8. The molecule has 0 N–H and O–H groups in total. The van der Waals surface area contributed by atoms with E-state index in [0.717, 1.165) is 13.1 Å². The first-order chi connectivity index (χ1) is 8.63. The van der Waals surface area contributed by atoms with Gasteiger partial charge >= 0.3 is 0 Å². The number of nitrogens with zero attached hydrogens (tertiary/aromatic N) is 2. The van der Waals surface area contributed by atoms with E-state index in [0.29, 0.717) is 16.2 Å². The van der Waals surface area contributed by atoms with E-state index in [-0.39, 0.29) is 0 Å². The predicted molar refractivity (Wildman–Crippen MR) is 82.2 cm³/mol. The summed E-state index contributed by atoms with van der Waals surface area (Å²) >= 11 is 14.6. The number of allylic oxidation sites excluding steroid dienone is 1. The normalized spacial score (nSPS) is 11.9. The lowest BCUT2D eigenvalue weighted by molar-refractivity contribution is 1.31. The number of hydrogen-bond acceptors (Lipinski definition) is 3. The SMILES string of the molecule is N#C/C(=C(/Cl)c1cc(Br)sc1Br)c1cccnc1. The van der Waals surface area contributed by atoms with Gasteiger partial charge in [0.25, 0.3) is 0 Å². The van der Waals surface area contributed by atoms with Crippen LogP contribution in [0.25, 0.3) is 10.6 Å². The van der Waals surface area contributed by atoms with Gasteiger partial charge in [-0.1, -0.05) is 17.7 Å². The quantitative estimate of drug-likeness (QED) is 0.637. The minimum atomic E-state index is 0.413. The second-order valence-electron chi connectivity index (χ2n) is 3.28. The Morgan fingerprint density at radius 3 is 2.72 bits per heavy atom. The van der Waals surface area contributed by atoms with E-state index in [4.69, 9.17) is 11.6 Å². The van der Waals surface area contributed by atoms with Crippen molar-refractivity contribution in [3.8, 4) is 6.07 Å². The molecule has 0 aliphatic rings. The summed E-state index contributed by atoms with van der Waals surface area (Å²) in [5.74, 6) is 0. The summed E-state index contributed by atoms with van der Waals surface area (Å²) in [6.45, 7) is 0. The average molecular weight is 405 g/mol. The van der Waals surface area contributed by atoms with E-state index in [1.54, 1.807) is 18.5 Å². The van der Waals surface area contributed by atoms with Crippen molar-refractivity contribution in [2.45, 2.75) is 0 Å². The van der Waals surface area contributed by atoms with Crippen LogP contribution >= 0.6 is 54.8 Å². The fraction of sp³-hybridized carbons (Fsp3) is 0. The van der Waals surface area contributed by atoms with E-state index >= 15 is 0 Å². The van der Waals surface area contributed by atoms with E-state index in [9.17, 15) is 5.26 Å². The van der Waals surface area contributed by atoms with E-state index in [1.165, 1.54) is 11.3 Å². The van der Waals surface area contributed by atoms with Crippen molar-refractivity contribution >= 4 is 65.4 Å². The highest BCUT2D eigenvalue weighted by atomic mass is 79.9. The Kier molecular flexibility index (Phi) is 4.57. The summed E-state index contributed by atoms with van der Waals surface area (Å²) in [6.07, 6.45) is 3.28. The molecule has 18 heavy (non-hydrogen) atoms. The zero-order valence-corrected chi connectivity index (χ0v) is 13.6. The van der Waals surface area contributed by atoms with E-state index in [1.807, 2.05) is 12.1 Å². The number of nitriles is 1. The first-order valence-electron chi connectivity index (χ1n) is 4.79. The first-order valence-corrected chi connectivity index (χ1v) is 7.57. The molecule has 0 amide bonds. The molecule has 2 nitrogen and oxygen atoms in total. The van der Waals surface area contributed by atoms with Gasteiger partial charge < -0.3 is 0 Å². The summed E-state index contributed by atoms with van der Waals surface area (Å²) in [7, 11) is 0. The molecular weight excluding hydrogens is 399 g/mol. The summed E-state index contributed by atoms with van der Waals surface area (Å²) in [6, 6.07) is 7.59. The van der Waals surface area contributed by atoms with Crippen LogP contribution in [-0.4, -0.2) is 4.98 Å². The molecule has 0 atom stereocenters. The fourth-order valence-electron chi connectivity index (χ4n) is 1.38. The molecule has 0 saturated carbocycles. The Bertz CT molecular complexity index is 644. The van der Waals surface area contributed by atoms with Gasteiger partial charge in [0.2, 0.25) is 0 Å². The summed E-state index contributed by atoms with van der Waals surface area (Å²) in [4.78, 5) is 3.99. The zero-order chi connectivity index (χ0) is 13.1. The third-order valence-electron chi connectivity index (χ3n) is 2.17. The number of rotatable bonds is 2. The van der Waals surface area contributed by atoms with Crippen molar-refractivity contribution in [1.82, 2.24) is 4.98 Å². The lowest BCUT2D eigenvalue weighted by Gasteiger charge is -2.02. The third kappa shape index (κ3) is 2.83. The molecule has 0 aliphatic carbocycles. The Hall–Kier alpha value is -0.670. The van der Waals surface area contributed by atoms with Crippen molar-refractivity contribution in [2.24, 2.45) is 0 Å². The molecule has 0 aromatic carbocycles. The molecule has 0 fully saturated rings.